The second kappa shape index (κ2) is 4.17. The maximum atomic E-state index is 14.1. The highest BCUT2D eigenvalue weighted by Gasteiger charge is 2.47. The molecule has 0 spiro atoms. The molecular formula is C13H13BrFN3. The number of hydrogen-bond acceptors (Lipinski definition) is 2. The standard InChI is InChI=1S/C13H13BrFN3/c14-9-3-4-11(15)10(7-9)13(16,8-1-2-8)12-5-6-17-18-12/h3-8H,1-2,16H2,(H,17,18)/t13-/m1/s1. The molecule has 1 aliphatic rings. The molecule has 0 radical (unpaired) electrons. The van der Waals surface area contributed by atoms with E-state index in [0.29, 0.717) is 11.3 Å². The number of benzene rings is 1. The summed E-state index contributed by atoms with van der Waals surface area (Å²) in [6.45, 7) is 0. The largest absolute Gasteiger partial charge is 0.316 e. The molecule has 2 aromatic rings. The Hall–Kier alpha value is -1.20. The first-order valence-corrected chi connectivity index (χ1v) is 6.66. The number of halogens is 2. The van der Waals surface area contributed by atoms with Gasteiger partial charge in [0.15, 0.2) is 0 Å². The van der Waals surface area contributed by atoms with Crippen molar-refractivity contribution in [2.24, 2.45) is 11.7 Å². The van der Waals surface area contributed by atoms with Crippen LogP contribution in [0.4, 0.5) is 4.39 Å². The van der Waals surface area contributed by atoms with E-state index in [1.165, 1.54) is 6.07 Å². The van der Waals surface area contributed by atoms with Crippen molar-refractivity contribution in [3.8, 4) is 0 Å². The third-order valence-corrected chi connectivity index (χ3v) is 4.01. The maximum absolute atomic E-state index is 14.1. The molecule has 0 unspecified atom stereocenters. The molecule has 1 aliphatic carbocycles. The van der Waals surface area contributed by atoms with Crippen LogP contribution in [0.2, 0.25) is 0 Å². The van der Waals surface area contributed by atoms with Crippen molar-refractivity contribution in [3.63, 3.8) is 0 Å². The monoisotopic (exact) mass is 309 g/mol. The van der Waals surface area contributed by atoms with Crippen molar-refractivity contribution in [3.05, 3.63) is 52.0 Å². The summed E-state index contributed by atoms with van der Waals surface area (Å²) in [5.41, 5.74) is 6.88. The van der Waals surface area contributed by atoms with Crippen molar-refractivity contribution in [1.82, 2.24) is 10.2 Å². The summed E-state index contributed by atoms with van der Waals surface area (Å²) in [7, 11) is 0. The molecular weight excluding hydrogens is 297 g/mol. The molecule has 18 heavy (non-hydrogen) atoms. The molecule has 3 nitrogen and oxygen atoms in total. The Morgan fingerprint density at radius 3 is 2.78 bits per heavy atom. The second-order valence-electron chi connectivity index (χ2n) is 4.73. The Kier molecular flexibility index (Phi) is 2.75. The average molecular weight is 310 g/mol. The van der Waals surface area contributed by atoms with Gasteiger partial charge in [-0.15, -0.1) is 0 Å². The van der Waals surface area contributed by atoms with Crippen LogP contribution in [-0.4, -0.2) is 10.2 Å². The summed E-state index contributed by atoms with van der Waals surface area (Å²) in [5.74, 6) is -0.0276. The van der Waals surface area contributed by atoms with E-state index in [1.54, 1.807) is 18.3 Å². The summed E-state index contributed by atoms with van der Waals surface area (Å²) < 4.78 is 14.9. The van der Waals surface area contributed by atoms with Crippen molar-refractivity contribution in [2.45, 2.75) is 18.4 Å². The predicted octanol–water partition coefficient (Wildman–Crippen LogP) is 2.92. The molecule has 94 valence electrons. The highest BCUT2D eigenvalue weighted by molar-refractivity contribution is 9.10. The minimum atomic E-state index is -0.839. The number of rotatable bonds is 3. The number of nitrogens with two attached hydrogens (primary N) is 1. The SMILES string of the molecule is N[C@@](c1cc[nH]n1)(c1cc(Br)ccc1F)C1CC1. The van der Waals surface area contributed by atoms with E-state index in [2.05, 4.69) is 26.1 Å². The third kappa shape index (κ3) is 1.78. The van der Waals surface area contributed by atoms with Gasteiger partial charge in [-0.2, -0.15) is 5.10 Å². The van der Waals surface area contributed by atoms with Crippen LogP contribution in [-0.2, 0) is 5.54 Å². The van der Waals surface area contributed by atoms with Crippen LogP contribution in [0.5, 0.6) is 0 Å². The third-order valence-electron chi connectivity index (χ3n) is 3.52. The summed E-state index contributed by atoms with van der Waals surface area (Å²) >= 11 is 3.37. The number of hydrogen-bond donors (Lipinski definition) is 2. The fraction of sp³-hybridized carbons (Fsp3) is 0.308. The van der Waals surface area contributed by atoms with E-state index in [9.17, 15) is 4.39 Å². The van der Waals surface area contributed by atoms with E-state index < -0.39 is 5.54 Å². The fourth-order valence-electron chi connectivity index (χ4n) is 2.41. The van der Waals surface area contributed by atoms with E-state index in [-0.39, 0.29) is 11.7 Å². The van der Waals surface area contributed by atoms with Gasteiger partial charge >= 0.3 is 0 Å². The Bertz CT molecular complexity index is 566. The molecule has 0 saturated heterocycles. The lowest BCUT2D eigenvalue weighted by Crippen LogP contribution is -2.41. The zero-order valence-electron chi connectivity index (χ0n) is 9.66. The summed E-state index contributed by atoms with van der Waals surface area (Å²) in [5, 5.41) is 6.92. The van der Waals surface area contributed by atoms with Crippen LogP contribution in [0.25, 0.3) is 0 Å². The second-order valence-corrected chi connectivity index (χ2v) is 5.64. The molecule has 1 fully saturated rings. The number of aromatic amines is 1. The molecule has 1 saturated carbocycles. The van der Waals surface area contributed by atoms with Gasteiger partial charge < -0.3 is 5.73 Å². The first-order chi connectivity index (χ1) is 8.62. The molecule has 1 aromatic heterocycles. The summed E-state index contributed by atoms with van der Waals surface area (Å²) in [4.78, 5) is 0. The molecule has 3 N–H and O–H groups in total. The number of nitrogens with zero attached hydrogens (tertiary/aromatic N) is 1. The lowest BCUT2D eigenvalue weighted by atomic mass is 9.82. The van der Waals surface area contributed by atoms with Gasteiger partial charge in [0, 0.05) is 16.2 Å². The van der Waals surface area contributed by atoms with Gasteiger partial charge in [-0.1, -0.05) is 15.9 Å². The first-order valence-electron chi connectivity index (χ1n) is 5.87. The van der Waals surface area contributed by atoms with Gasteiger partial charge in [-0.25, -0.2) is 4.39 Å². The van der Waals surface area contributed by atoms with Crippen LogP contribution in [0, 0.1) is 11.7 Å². The Labute approximate surface area is 113 Å². The van der Waals surface area contributed by atoms with Crippen LogP contribution >= 0.6 is 15.9 Å². The van der Waals surface area contributed by atoms with E-state index >= 15 is 0 Å². The molecule has 0 aliphatic heterocycles. The zero-order valence-corrected chi connectivity index (χ0v) is 11.2. The van der Waals surface area contributed by atoms with Gasteiger partial charge in [0.05, 0.1) is 11.2 Å². The van der Waals surface area contributed by atoms with Gasteiger partial charge in [0.2, 0.25) is 0 Å². The smallest absolute Gasteiger partial charge is 0.128 e. The van der Waals surface area contributed by atoms with Crippen LogP contribution in [0.3, 0.4) is 0 Å². The normalized spacial score (nSPS) is 18.6. The fourth-order valence-corrected chi connectivity index (χ4v) is 2.77. The molecule has 0 amide bonds. The van der Waals surface area contributed by atoms with Crippen LogP contribution in [0.15, 0.2) is 34.9 Å². The Morgan fingerprint density at radius 1 is 1.39 bits per heavy atom. The van der Waals surface area contributed by atoms with Crippen LogP contribution < -0.4 is 5.73 Å². The van der Waals surface area contributed by atoms with E-state index in [1.807, 2.05) is 6.07 Å². The summed E-state index contributed by atoms with van der Waals surface area (Å²) in [6, 6.07) is 6.69. The maximum Gasteiger partial charge on any atom is 0.128 e. The molecule has 5 heteroatoms. The number of nitrogens with one attached hydrogen (secondary N) is 1. The zero-order chi connectivity index (χ0) is 12.8. The average Bonchev–Trinajstić information content (AvgIpc) is 3.07. The number of H-pyrrole nitrogens is 1. The highest BCUT2D eigenvalue weighted by atomic mass is 79.9. The molecule has 0 bridgehead atoms. The molecule has 1 aromatic carbocycles. The van der Waals surface area contributed by atoms with E-state index in [4.69, 9.17) is 5.73 Å². The van der Waals surface area contributed by atoms with Crippen molar-refractivity contribution in [2.75, 3.05) is 0 Å². The molecule has 1 heterocycles. The predicted molar refractivity (Wildman–Crippen MR) is 70.4 cm³/mol. The lowest BCUT2D eigenvalue weighted by molar-refractivity contribution is 0.427. The topological polar surface area (TPSA) is 54.7 Å². The Morgan fingerprint density at radius 2 is 2.17 bits per heavy atom. The minimum absolute atomic E-state index is 0.254. The van der Waals surface area contributed by atoms with Crippen molar-refractivity contribution in [1.29, 1.82) is 0 Å². The van der Waals surface area contributed by atoms with Crippen molar-refractivity contribution >= 4 is 15.9 Å². The first kappa shape index (κ1) is 11.9. The highest BCUT2D eigenvalue weighted by Crippen LogP contribution is 2.48. The molecule has 1 atom stereocenters. The van der Waals surface area contributed by atoms with Gasteiger partial charge in [0.1, 0.15) is 5.82 Å². The lowest BCUT2D eigenvalue weighted by Gasteiger charge is -2.29. The van der Waals surface area contributed by atoms with Crippen molar-refractivity contribution < 1.29 is 4.39 Å². The van der Waals surface area contributed by atoms with Gasteiger partial charge in [0.25, 0.3) is 0 Å². The van der Waals surface area contributed by atoms with Gasteiger partial charge in [-0.3, -0.25) is 5.10 Å². The molecule has 3 rings (SSSR count). The van der Waals surface area contributed by atoms with Gasteiger partial charge in [-0.05, 0) is 43.0 Å². The summed E-state index contributed by atoms with van der Waals surface area (Å²) in [6.07, 6.45) is 3.74. The Balaban J connectivity index is 2.18. The van der Waals surface area contributed by atoms with E-state index in [0.717, 1.165) is 17.3 Å². The quantitative estimate of drug-likeness (QED) is 0.916. The van der Waals surface area contributed by atoms with Crippen LogP contribution in [0.1, 0.15) is 24.1 Å². The minimum Gasteiger partial charge on any atom is -0.316 e. The number of aromatic nitrogens is 2.